The molecule has 0 unspecified atom stereocenters. The Labute approximate surface area is 153 Å². The number of hydrazine groups is 1. The van der Waals surface area contributed by atoms with Crippen molar-refractivity contribution >= 4 is 17.5 Å². The number of benzene rings is 2. The Morgan fingerprint density at radius 1 is 1.00 bits per heavy atom. The quantitative estimate of drug-likeness (QED) is 0.667. The van der Waals surface area contributed by atoms with Gasteiger partial charge in [-0.3, -0.25) is 20.4 Å². The molecule has 2 rings (SSSR count). The number of hydrogen-bond acceptors (Lipinski definition) is 4. The largest absolute Gasteiger partial charge is 0.484 e. The molecular formula is C20H25N3O3. The standard InChI is InChI=1S/C20H25N3O3/c1-4-16-6-5-7-17(11-16)26-13-20(25)23-22-19(24)12-21-18-9-8-14(2)10-15(18)3/h5-11,21H,4,12-13H2,1-3H3,(H,22,24)(H,23,25). The van der Waals surface area contributed by atoms with Crippen molar-refractivity contribution < 1.29 is 14.3 Å². The van der Waals surface area contributed by atoms with Crippen molar-refractivity contribution in [2.45, 2.75) is 27.2 Å². The van der Waals surface area contributed by atoms with Crippen LogP contribution < -0.4 is 20.9 Å². The molecule has 0 aliphatic rings. The van der Waals surface area contributed by atoms with Crippen LogP contribution in [0, 0.1) is 13.8 Å². The van der Waals surface area contributed by atoms with Crippen molar-refractivity contribution in [2.75, 3.05) is 18.5 Å². The van der Waals surface area contributed by atoms with Gasteiger partial charge >= 0.3 is 0 Å². The van der Waals surface area contributed by atoms with E-state index < -0.39 is 5.91 Å². The summed E-state index contributed by atoms with van der Waals surface area (Å²) < 4.78 is 5.42. The molecule has 0 saturated carbocycles. The molecule has 3 N–H and O–H groups in total. The lowest BCUT2D eigenvalue weighted by Gasteiger charge is -2.12. The van der Waals surface area contributed by atoms with Gasteiger partial charge in [0.05, 0.1) is 6.54 Å². The molecule has 2 aromatic carbocycles. The van der Waals surface area contributed by atoms with Gasteiger partial charge in [0.1, 0.15) is 5.75 Å². The van der Waals surface area contributed by atoms with Crippen LogP contribution in [-0.2, 0) is 16.0 Å². The van der Waals surface area contributed by atoms with Gasteiger partial charge in [-0.25, -0.2) is 0 Å². The zero-order chi connectivity index (χ0) is 18.9. The third kappa shape index (κ3) is 6.12. The first-order valence-electron chi connectivity index (χ1n) is 8.58. The Kier molecular flexibility index (Phi) is 7.02. The first-order chi connectivity index (χ1) is 12.5. The van der Waals surface area contributed by atoms with E-state index in [1.165, 1.54) is 0 Å². The molecule has 0 aliphatic heterocycles. The van der Waals surface area contributed by atoms with E-state index in [2.05, 4.69) is 16.2 Å². The molecule has 138 valence electrons. The molecule has 0 bridgehead atoms. The van der Waals surface area contributed by atoms with Crippen LogP contribution in [0.4, 0.5) is 5.69 Å². The topological polar surface area (TPSA) is 79.5 Å². The summed E-state index contributed by atoms with van der Waals surface area (Å²) in [5.41, 5.74) is 8.94. The van der Waals surface area contributed by atoms with Crippen LogP contribution in [0.2, 0.25) is 0 Å². The molecule has 0 atom stereocenters. The van der Waals surface area contributed by atoms with Crippen LogP contribution in [-0.4, -0.2) is 25.0 Å². The van der Waals surface area contributed by atoms with Crippen LogP contribution in [0.15, 0.2) is 42.5 Å². The van der Waals surface area contributed by atoms with Crippen molar-refractivity contribution in [1.29, 1.82) is 0 Å². The third-order valence-corrected chi connectivity index (χ3v) is 3.84. The predicted octanol–water partition coefficient (Wildman–Crippen LogP) is 2.50. The number of nitrogens with one attached hydrogen (secondary N) is 3. The predicted molar refractivity (Wildman–Crippen MR) is 102 cm³/mol. The fraction of sp³-hybridized carbons (Fsp3) is 0.300. The lowest BCUT2D eigenvalue weighted by Crippen LogP contribution is -2.46. The van der Waals surface area contributed by atoms with E-state index in [4.69, 9.17) is 4.74 Å². The summed E-state index contributed by atoms with van der Waals surface area (Å²) in [6, 6.07) is 13.5. The number of anilines is 1. The number of hydrogen-bond donors (Lipinski definition) is 3. The maximum absolute atomic E-state index is 11.8. The number of aryl methyl sites for hydroxylation is 3. The summed E-state index contributed by atoms with van der Waals surface area (Å²) in [7, 11) is 0. The van der Waals surface area contributed by atoms with Gasteiger partial charge in [0, 0.05) is 5.69 Å². The Balaban J connectivity index is 1.70. The highest BCUT2D eigenvalue weighted by Crippen LogP contribution is 2.15. The minimum atomic E-state index is -0.424. The van der Waals surface area contributed by atoms with Crippen LogP contribution >= 0.6 is 0 Å². The van der Waals surface area contributed by atoms with Crippen LogP contribution in [0.25, 0.3) is 0 Å². The summed E-state index contributed by atoms with van der Waals surface area (Å²) in [4.78, 5) is 23.6. The van der Waals surface area contributed by atoms with Gasteiger partial charge in [0.2, 0.25) is 0 Å². The molecule has 0 spiro atoms. The molecule has 26 heavy (non-hydrogen) atoms. The Morgan fingerprint density at radius 2 is 1.77 bits per heavy atom. The highest BCUT2D eigenvalue weighted by Gasteiger charge is 2.07. The van der Waals surface area contributed by atoms with E-state index in [1.54, 1.807) is 6.07 Å². The van der Waals surface area contributed by atoms with Crippen molar-refractivity contribution in [2.24, 2.45) is 0 Å². The zero-order valence-corrected chi connectivity index (χ0v) is 15.4. The summed E-state index contributed by atoms with van der Waals surface area (Å²) in [5, 5.41) is 3.04. The van der Waals surface area contributed by atoms with Crippen LogP contribution in [0.1, 0.15) is 23.6 Å². The maximum Gasteiger partial charge on any atom is 0.276 e. The average molecular weight is 355 g/mol. The Bertz CT molecular complexity index is 775. The highest BCUT2D eigenvalue weighted by molar-refractivity contribution is 5.85. The molecule has 0 aromatic heterocycles. The monoisotopic (exact) mass is 355 g/mol. The SMILES string of the molecule is CCc1cccc(OCC(=O)NNC(=O)CNc2ccc(C)cc2C)c1. The molecular weight excluding hydrogens is 330 g/mol. The first kappa shape index (κ1) is 19.3. The van der Waals surface area contributed by atoms with Crippen LogP contribution in [0.3, 0.4) is 0 Å². The molecule has 0 radical (unpaired) electrons. The normalized spacial score (nSPS) is 10.1. The van der Waals surface area contributed by atoms with E-state index in [-0.39, 0.29) is 19.1 Å². The molecule has 0 aliphatic carbocycles. The summed E-state index contributed by atoms with van der Waals surface area (Å²) in [5.74, 6) is -0.139. The van der Waals surface area contributed by atoms with Crippen LogP contribution in [0.5, 0.6) is 5.75 Å². The van der Waals surface area contributed by atoms with E-state index in [0.717, 1.165) is 28.8 Å². The van der Waals surface area contributed by atoms with Gasteiger partial charge < -0.3 is 10.1 Å². The first-order valence-corrected chi connectivity index (χ1v) is 8.58. The third-order valence-electron chi connectivity index (χ3n) is 3.84. The number of rotatable bonds is 7. The lowest BCUT2D eigenvalue weighted by atomic mass is 10.1. The number of carbonyl (C=O) groups is 2. The van der Waals surface area contributed by atoms with Crippen molar-refractivity contribution in [1.82, 2.24) is 10.9 Å². The molecule has 0 fully saturated rings. The highest BCUT2D eigenvalue weighted by atomic mass is 16.5. The van der Waals surface area contributed by atoms with E-state index in [0.29, 0.717) is 5.75 Å². The van der Waals surface area contributed by atoms with Crippen molar-refractivity contribution in [3.05, 3.63) is 59.2 Å². The molecule has 2 amide bonds. The van der Waals surface area contributed by atoms with Gasteiger partial charge in [-0.05, 0) is 49.6 Å². The van der Waals surface area contributed by atoms with E-state index >= 15 is 0 Å². The van der Waals surface area contributed by atoms with E-state index in [9.17, 15) is 9.59 Å². The summed E-state index contributed by atoms with van der Waals surface area (Å²) >= 11 is 0. The number of carbonyl (C=O) groups excluding carboxylic acids is 2. The number of amides is 2. The van der Waals surface area contributed by atoms with Gasteiger partial charge in [0.15, 0.2) is 6.61 Å². The smallest absolute Gasteiger partial charge is 0.276 e. The van der Waals surface area contributed by atoms with E-state index in [1.807, 2.05) is 57.2 Å². The molecule has 6 heteroatoms. The fourth-order valence-electron chi connectivity index (χ4n) is 2.41. The Morgan fingerprint density at radius 3 is 2.50 bits per heavy atom. The molecule has 2 aromatic rings. The Hall–Kier alpha value is -3.02. The second-order valence-corrected chi connectivity index (χ2v) is 6.06. The maximum atomic E-state index is 11.8. The molecule has 6 nitrogen and oxygen atoms in total. The summed E-state index contributed by atoms with van der Waals surface area (Å²) in [6.45, 7) is 5.93. The summed E-state index contributed by atoms with van der Waals surface area (Å²) in [6.07, 6.45) is 0.896. The lowest BCUT2D eigenvalue weighted by molar-refractivity contribution is -0.129. The van der Waals surface area contributed by atoms with Gasteiger partial charge in [0.25, 0.3) is 11.8 Å². The minimum Gasteiger partial charge on any atom is -0.484 e. The second-order valence-electron chi connectivity index (χ2n) is 6.06. The number of ether oxygens (including phenoxy) is 1. The average Bonchev–Trinajstić information content (AvgIpc) is 2.64. The second kappa shape index (κ2) is 9.46. The van der Waals surface area contributed by atoms with Gasteiger partial charge in [-0.2, -0.15) is 0 Å². The van der Waals surface area contributed by atoms with Gasteiger partial charge in [-0.15, -0.1) is 0 Å². The van der Waals surface area contributed by atoms with Gasteiger partial charge in [-0.1, -0.05) is 36.8 Å². The molecule has 0 heterocycles. The van der Waals surface area contributed by atoms with Crippen molar-refractivity contribution in [3.63, 3.8) is 0 Å². The zero-order valence-electron chi connectivity index (χ0n) is 15.4. The minimum absolute atomic E-state index is 0.0591. The fourth-order valence-corrected chi connectivity index (χ4v) is 2.41. The molecule has 0 saturated heterocycles. The van der Waals surface area contributed by atoms with Crippen molar-refractivity contribution in [3.8, 4) is 5.75 Å².